The molecule has 0 aromatic heterocycles. The predicted octanol–water partition coefficient (Wildman–Crippen LogP) is 3.61. The summed E-state index contributed by atoms with van der Waals surface area (Å²) in [6.45, 7) is 0. The molecule has 1 aliphatic carbocycles. The van der Waals surface area contributed by atoms with Gasteiger partial charge in [0.15, 0.2) is 6.29 Å². The summed E-state index contributed by atoms with van der Waals surface area (Å²) in [5.41, 5.74) is 1.29. The molecule has 0 unspecified atom stereocenters. The first-order valence-electron chi connectivity index (χ1n) is 5.22. The molecule has 0 aromatic carbocycles. The highest BCUT2D eigenvalue weighted by molar-refractivity contribution is 9.11. The highest BCUT2D eigenvalue weighted by atomic mass is 79.9. The van der Waals surface area contributed by atoms with Crippen molar-refractivity contribution >= 4 is 15.9 Å². The lowest BCUT2D eigenvalue weighted by molar-refractivity contribution is -0.0772. The highest BCUT2D eigenvalue weighted by Crippen LogP contribution is 2.30. The molecule has 0 heterocycles. The van der Waals surface area contributed by atoms with Gasteiger partial charge in [0.25, 0.3) is 0 Å². The van der Waals surface area contributed by atoms with Gasteiger partial charge in [-0.3, -0.25) is 0 Å². The molecule has 3 heteroatoms. The minimum Gasteiger partial charge on any atom is -0.352 e. The monoisotopic (exact) mass is 262 g/mol. The molecule has 0 fully saturated rings. The number of methoxy groups -OCH3 is 2. The van der Waals surface area contributed by atoms with Crippen molar-refractivity contribution in [2.24, 2.45) is 0 Å². The maximum absolute atomic E-state index is 5.30. The summed E-state index contributed by atoms with van der Waals surface area (Å²) in [6.07, 6.45) is 7.22. The van der Waals surface area contributed by atoms with Gasteiger partial charge < -0.3 is 9.47 Å². The van der Waals surface area contributed by atoms with Crippen molar-refractivity contribution in [3.8, 4) is 0 Å². The molecule has 0 saturated carbocycles. The van der Waals surface area contributed by atoms with Crippen LogP contribution in [0.2, 0.25) is 0 Å². The van der Waals surface area contributed by atoms with Gasteiger partial charge in [-0.15, -0.1) is 0 Å². The summed E-state index contributed by atoms with van der Waals surface area (Å²) in [6, 6.07) is 0. The number of hydrogen-bond donors (Lipinski definition) is 0. The molecule has 0 aliphatic heterocycles. The molecular formula is C11H19BrO2. The fraction of sp³-hybridized carbons (Fsp3) is 0.818. The van der Waals surface area contributed by atoms with Crippen molar-refractivity contribution < 1.29 is 9.47 Å². The average molecular weight is 263 g/mol. The molecule has 0 spiro atoms. The minimum atomic E-state index is -0.164. The number of rotatable bonds is 3. The van der Waals surface area contributed by atoms with Gasteiger partial charge in [0.05, 0.1) is 0 Å². The van der Waals surface area contributed by atoms with Gasteiger partial charge in [-0.2, -0.15) is 0 Å². The van der Waals surface area contributed by atoms with E-state index in [0.29, 0.717) is 0 Å². The van der Waals surface area contributed by atoms with E-state index in [9.17, 15) is 0 Å². The van der Waals surface area contributed by atoms with Crippen LogP contribution in [-0.4, -0.2) is 20.5 Å². The van der Waals surface area contributed by atoms with Gasteiger partial charge in [0.2, 0.25) is 0 Å². The molecule has 14 heavy (non-hydrogen) atoms. The van der Waals surface area contributed by atoms with Crippen molar-refractivity contribution in [3.05, 3.63) is 10.1 Å². The Bertz CT molecular complexity index is 197. The summed E-state index contributed by atoms with van der Waals surface area (Å²) >= 11 is 3.64. The summed E-state index contributed by atoms with van der Waals surface area (Å²) in [7, 11) is 3.39. The Morgan fingerprint density at radius 2 is 1.57 bits per heavy atom. The second-order valence-electron chi connectivity index (χ2n) is 3.65. The summed E-state index contributed by atoms with van der Waals surface area (Å²) in [5.74, 6) is 0. The Morgan fingerprint density at radius 1 is 1.00 bits per heavy atom. The average Bonchev–Trinajstić information content (AvgIpc) is 2.18. The Kier molecular flexibility index (Phi) is 5.75. The third-order valence-electron chi connectivity index (χ3n) is 2.65. The summed E-state index contributed by atoms with van der Waals surface area (Å²) in [4.78, 5) is 0. The van der Waals surface area contributed by atoms with Crippen molar-refractivity contribution in [1.82, 2.24) is 0 Å². The van der Waals surface area contributed by atoms with E-state index in [0.717, 1.165) is 12.8 Å². The van der Waals surface area contributed by atoms with E-state index in [1.54, 1.807) is 14.2 Å². The van der Waals surface area contributed by atoms with Crippen LogP contribution in [-0.2, 0) is 9.47 Å². The van der Waals surface area contributed by atoms with Crippen LogP contribution >= 0.6 is 15.9 Å². The van der Waals surface area contributed by atoms with E-state index in [4.69, 9.17) is 9.47 Å². The molecule has 1 aliphatic rings. The standard InChI is InChI=1S/C11H19BrO2/c1-13-11(14-2)9-7-5-3-4-6-8-10(9)12/h11H,3-8H2,1-2H3. The van der Waals surface area contributed by atoms with Crippen LogP contribution in [0.5, 0.6) is 0 Å². The summed E-state index contributed by atoms with van der Waals surface area (Å²) < 4.78 is 11.9. The summed E-state index contributed by atoms with van der Waals surface area (Å²) in [5, 5.41) is 0. The molecule has 0 radical (unpaired) electrons. The van der Waals surface area contributed by atoms with Gasteiger partial charge in [0.1, 0.15) is 0 Å². The van der Waals surface area contributed by atoms with E-state index in [1.807, 2.05) is 0 Å². The largest absolute Gasteiger partial charge is 0.352 e. The van der Waals surface area contributed by atoms with E-state index in [1.165, 1.54) is 35.7 Å². The lowest BCUT2D eigenvalue weighted by Gasteiger charge is -2.21. The molecule has 82 valence electrons. The zero-order valence-corrected chi connectivity index (χ0v) is 10.6. The fourth-order valence-electron chi connectivity index (χ4n) is 1.87. The first kappa shape index (κ1) is 12.2. The first-order valence-corrected chi connectivity index (χ1v) is 6.02. The molecule has 1 rings (SSSR count). The Balaban J connectivity index is 2.71. The zero-order chi connectivity index (χ0) is 10.4. The molecule has 0 bridgehead atoms. The molecule has 0 N–H and O–H groups in total. The van der Waals surface area contributed by atoms with Gasteiger partial charge in [0, 0.05) is 14.2 Å². The zero-order valence-electron chi connectivity index (χ0n) is 9.01. The number of hydrogen-bond acceptors (Lipinski definition) is 2. The molecule has 0 aromatic rings. The van der Waals surface area contributed by atoms with E-state index in [2.05, 4.69) is 15.9 Å². The number of ether oxygens (including phenoxy) is 2. The second-order valence-corrected chi connectivity index (χ2v) is 4.60. The molecular weight excluding hydrogens is 244 g/mol. The number of halogens is 1. The van der Waals surface area contributed by atoms with Gasteiger partial charge in [-0.1, -0.05) is 28.8 Å². The van der Waals surface area contributed by atoms with Gasteiger partial charge in [-0.25, -0.2) is 0 Å². The molecule has 0 saturated heterocycles. The third-order valence-corrected chi connectivity index (χ3v) is 3.56. The Labute approximate surface area is 94.8 Å². The van der Waals surface area contributed by atoms with Crippen molar-refractivity contribution in [2.45, 2.75) is 44.8 Å². The van der Waals surface area contributed by atoms with Crippen LogP contribution < -0.4 is 0 Å². The van der Waals surface area contributed by atoms with Crippen LogP contribution in [0, 0.1) is 0 Å². The van der Waals surface area contributed by atoms with Crippen LogP contribution in [0.4, 0.5) is 0 Å². The van der Waals surface area contributed by atoms with E-state index < -0.39 is 0 Å². The van der Waals surface area contributed by atoms with Crippen molar-refractivity contribution in [1.29, 1.82) is 0 Å². The maximum atomic E-state index is 5.30. The van der Waals surface area contributed by atoms with E-state index >= 15 is 0 Å². The normalized spacial score (nSPS) is 19.7. The van der Waals surface area contributed by atoms with Crippen LogP contribution in [0.3, 0.4) is 0 Å². The van der Waals surface area contributed by atoms with Crippen LogP contribution in [0.15, 0.2) is 10.1 Å². The van der Waals surface area contributed by atoms with Crippen LogP contribution in [0.25, 0.3) is 0 Å². The third kappa shape index (κ3) is 3.37. The quantitative estimate of drug-likeness (QED) is 0.724. The lowest BCUT2D eigenvalue weighted by atomic mass is 9.99. The minimum absolute atomic E-state index is 0.164. The predicted molar refractivity (Wildman–Crippen MR) is 61.5 cm³/mol. The lowest BCUT2D eigenvalue weighted by Crippen LogP contribution is -2.17. The Hall–Kier alpha value is 0.140. The first-order chi connectivity index (χ1) is 6.79. The fourth-order valence-corrected chi connectivity index (χ4v) is 2.54. The van der Waals surface area contributed by atoms with E-state index in [-0.39, 0.29) is 6.29 Å². The van der Waals surface area contributed by atoms with Gasteiger partial charge in [-0.05, 0) is 35.7 Å². The molecule has 0 amide bonds. The number of allylic oxidation sites excluding steroid dienone is 1. The SMILES string of the molecule is COC(OC)C1=C(Br)CCCCCC1. The van der Waals surface area contributed by atoms with Crippen LogP contribution in [0.1, 0.15) is 38.5 Å². The molecule has 2 nitrogen and oxygen atoms in total. The van der Waals surface area contributed by atoms with Crippen molar-refractivity contribution in [3.63, 3.8) is 0 Å². The second kappa shape index (κ2) is 6.59. The van der Waals surface area contributed by atoms with Crippen molar-refractivity contribution in [2.75, 3.05) is 14.2 Å². The topological polar surface area (TPSA) is 18.5 Å². The van der Waals surface area contributed by atoms with Gasteiger partial charge >= 0.3 is 0 Å². The Morgan fingerprint density at radius 3 is 2.14 bits per heavy atom. The highest BCUT2D eigenvalue weighted by Gasteiger charge is 2.17. The maximum Gasteiger partial charge on any atom is 0.180 e. The smallest absolute Gasteiger partial charge is 0.180 e. The molecule has 0 atom stereocenters.